The Labute approximate surface area is 114 Å². The fourth-order valence-corrected chi connectivity index (χ4v) is 1.68. The van der Waals surface area contributed by atoms with Crippen LogP contribution in [0.1, 0.15) is 24.5 Å². The number of hydrogen-bond acceptors (Lipinski definition) is 4. The molecule has 0 spiro atoms. The van der Waals surface area contributed by atoms with Crippen molar-refractivity contribution in [3.63, 3.8) is 0 Å². The quantitative estimate of drug-likeness (QED) is 0.358. The lowest BCUT2D eigenvalue weighted by molar-refractivity contribution is -0.138. The second kappa shape index (κ2) is 6.83. The van der Waals surface area contributed by atoms with Gasteiger partial charge in [-0.3, -0.25) is 0 Å². The molecule has 0 atom stereocenters. The molecule has 19 heavy (non-hydrogen) atoms. The van der Waals surface area contributed by atoms with Gasteiger partial charge in [-0.05, 0) is 44.4 Å². The summed E-state index contributed by atoms with van der Waals surface area (Å²) in [6.45, 7) is 9.93. The van der Waals surface area contributed by atoms with E-state index in [-0.39, 0.29) is 11.7 Å². The lowest BCUT2D eigenvalue weighted by Gasteiger charge is -2.11. The summed E-state index contributed by atoms with van der Waals surface area (Å²) in [5.74, 6) is -0.0984. The highest BCUT2D eigenvalue weighted by Crippen LogP contribution is 2.28. The van der Waals surface area contributed by atoms with E-state index < -0.39 is 0 Å². The number of nitrogens with one attached hydrogen (secondary N) is 1. The van der Waals surface area contributed by atoms with Crippen LogP contribution in [0.4, 0.5) is 5.69 Å². The number of aryl methyl sites for hydroxylation is 2. The van der Waals surface area contributed by atoms with Crippen molar-refractivity contribution >= 4 is 11.7 Å². The van der Waals surface area contributed by atoms with Crippen molar-refractivity contribution in [1.29, 1.82) is 0 Å². The zero-order valence-corrected chi connectivity index (χ0v) is 11.7. The van der Waals surface area contributed by atoms with Crippen molar-refractivity contribution in [2.24, 2.45) is 0 Å². The maximum absolute atomic E-state index is 11.1. The van der Waals surface area contributed by atoms with Crippen LogP contribution in [0.5, 0.6) is 5.75 Å². The minimum Gasteiger partial charge on any atom is -0.506 e. The van der Waals surface area contributed by atoms with Gasteiger partial charge < -0.3 is 15.2 Å². The van der Waals surface area contributed by atoms with Crippen LogP contribution in [0.25, 0.3) is 0 Å². The van der Waals surface area contributed by atoms with E-state index in [0.29, 0.717) is 30.8 Å². The highest BCUT2D eigenvalue weighted by atomic mass is 16.5. The molecule has 0 fully saturated rings. The van der Waals surface area contributed by atoms with Gasteiger partial charge in [0.1, 0.15) is 5.75 Å². The summed E-state index contributed by atoms with van der Waals surface area (Å²) in [5, 5.41) is 13.0. The van der Waals surface area contributed by atoms with Crippen molar-refractivity contribution in [3.8, 4) is 5.75 Å². The summed E-state index contributed by atoms with van der Waals surface area (Å²) in [6.07, 6.45) is 0.672. The third kappa shape index (κ3) is 4.66. The van der Waals surface area contributed by atoms with Crippen LogP contribution in [0.15, 0.2) is 24.3 Å². The molecule has 104 valence electrons. The molecule has 4 heteroatoms. The van der Waals surface area contributed by atoms with E-state index in [0.717, 1.165) is 11.1 Å². The molecule has 4 nitrogen and oxygen atoms in total. The number of esters is 1. The number of carbonyl (C=O) groups is 1. The largest absolute Gasteiger partial charge is 0.506 e. The molecule has 0 aliphatic rings. The van der Waals surface area contributed by atoms with Crippen LogP contribution in [0, 0.1) is 13.8 Å². The summed E-state index contributed by atoms with van der Waals surface area (Å²) in [7, 11) is 0. The van der Waals surface area contributed by atoms with Crippen molar-refractivity contribution in [3.05, 3.63) is 35.4 Å². The molecule has 0 aliphatic carbocycles. The fraction of sp³-hybridized carbons (Fsp3) is 0.400. The van der Waals surface area contributed by atoms with Gasteiger partial charge >= 0.3 is 5.97 Å². The Morgan fingerprint density at radius 1 is 1.42 bits per heavy atom. The Balaban J connectivity index is 2.38. The molecule has 0 saturated heterocycles. The maximum atomic E-state index is 11.1. The third-order valence-electron chi connectivity index (χ3n) is 2.66. The smallest absolute Gasteiger partial charge is 0.333 e. The standard InChI is InChI=1S/C15H21NO3/c1-10(2)15(18)19-7-5-6-16-13-9-11(3)8-12(4)14(13)17/h8-9,16-17H,1,5-7H2,2-4H3. The lowest BCUT2D eigenvalue weighted by atomic mass is 10.1. The number of anilines is 1. The molecule has 0 amide bonds. The van der Waals surface area contributed by atoms with E-state index in [4.69, 9.17) is 4.74 Å². The van der Waals surface area contributed by atoms with Gasteiger partial charge in [0.2, 0.25) is 0 Å². The fourth-order valence-electron chi connectivity index (χ4n) is 1.68. The molecule has 0 saturated carbocycles. The first-order valence-electron chi connectivity index (χ1n) is 6.28. The molecule has 0 unspecified atom stereocenters. The molecule has 2 N–H and O–H groups in total. The van der Waals surface area contributed by atoms with Gasteiger partial charge in [-0.2, -0.15) is 0 Å². The zero-order valence-electron chi connectivity index (χ0n) is 11.7. The highest BCUT2D eigenvalue weighted by molar-refractivity contribution is 5.86. The molecule has 1 aromatic carbocycles. The summed E-state index contributed by atoms with van der Waals surface area (Å²) < 4.78 is 4.98. The SMILES string of the molecule is C=C(C)C(=O)OCCCNc1cc(C)cc(C)c1O. The van der Waals surface area contributed by atoms with Crippen molar-refractivity contribution in [2.75, 3.05) is 18.5 Å². The maximum Gasteiger partial charge on any atom is 0.333 e. The van der Waals surface area contributed by atoms with E-state index in [9.17, 15) is 9.90 Å². The van der Waals surface area contributed by atoms with Crippen LogP contribution < -0.4 is 5.32 Å². The molecule has 0 heterocycles. The number of phenolic OH excluding ortho intramolecular Hbond substituents is 1. The molecule has 0 aliphatic heterocycles. The van der Waals surface area contributed by atoms with Crippen molar-refractivity contribution in [1.82, 2.24) is 0 Å². The summed E-state index contributed by atoms with van der Waals surface area (Å²) in [5.41, 5.74) is 3.05. The molecule has 0 aromatic heterocycles. The molecule has 1 aromatic rings. The topological polar surface area (TPSA) is 58.6 Å². The van der Waals surface area contributed by atoms with E-state index in [1.807, 2.05) is 26.0 Å². The number of hydrogen-bond donors (Lipinski definition) is 2. The van der Waals surface area contributed by atoms with Crippen molar-refractivity contribution in [2.45, 2.75) is 27.2 Å². The first-order chi connectivity index (χ1) is 8.91. The van der Waals surface area contributed by atoms with Crippen LogP contribution in [0.2, 0.25) is 0 Å². The minimum atomic E-state index is -0.366. The van der Waals surface area contributed by atoms with Gasteiger partial charge in [0.25, 0.3) is 0 Å². The van der Waals surface area contributed by atoms with E-state index >= 15 is 0 Å². The molecule has 1 rings (SSSR count). The third-order valence-corrected chi connectivity index (χ3v) is 2.66. The Hall–Kier alpha value is -1.97. The Kier molecular flexibility index (Phi) is 5.42. The molecule has 0 radical (unpaired) electrons. The summed E-state index contributed by atoms with van der Waals surface area (Å²) >= 11 is 0. The van der Waals surface area contributed by atoms with Gasteiger partial charge in [-0.1, -0.05) is 12.6 Å². The molecular weight excluding hydrogens is 242 g/mol. The van der Waals surface area contributed by atoms with Gasteiger partial charge in [0, 0.05) is 12.1 Å². The van der Waals surface area contributed by atoms with Crippen LogP contribution >= 0.6 is 0 Å². The predicted molar refractivity (Wildman–Crippen MR) is 76.5 cm³/mol. The minimum absolute atomic E-state index is 0.268. The second-order valence-corrected chi connectivity index (χ2v) is 4.67. The normalized spacial score (nSPS) is 10.1. The van der Waals surface area contributed by atoms with Gasteiger partial charge in [0.05, 0.1) is 12.3 Å². The monoisotopic (exact) mass is 263 g/mol. The second-order valence-electron chi connectivity index (χ2n) is 4.67. The Morgan fingerprint density at radius 3 is 2.74 bits per heavy atom. The number of carbonyl (C=O) groups excluding carboxylic acids is 1. The van der Waals surface area contributed by atoms with Gasteiger partial charge in [-0.15, -0.1) is 0 Å². The molecule has 0 bridgehead atoms. The van der Waals surface area contributed by atoms with Gasteiger partial charge in [-0.25, -0.2) is 4.79 Å². The van der Waals surface area contributed by atoms with E-state index in [2.05, 4.69) is 11.9 Å². The van der Waals surface area contributed by atoms with Gasteiger partial charge in [0.15, 0.2) is 0 Å². The number of phenols is 1. The predicted octanol–water partition coefficient (Wildman–Crippen LogP) is 2.93. The number of rotatable bonds is 6. The average molecular weight is 263 g/mol. The average Bonchev–Trinajstić information content (AvgIpc) is 2.34. The summed E-state index contributed by atoms with van der Waals surface area (Å²) in [4.78, 5) is 11.1. The summed E-state index contributed by atoms with van der Waals surface area (Å²) in [6, 6.07) is 3.82. The number of benzene rings is 1. The number of aromatic hydroxyl groups is 1. The zero-order chi connectivity index (χ0) is 14.4. The van der Waals surface area contributed by atoms with E-state index in [1.54, 1.807) is 6.92 Å². The van der Waals surface area contributed by atoms with Crippen LogP contribution in [-0.4, -0.2) is 24.2 Å². The lowest BCUT2D eigenvalue weighted by Crippen LogP contribution is -2.10. The number of ether oxygens (including phenoxy) is 1. The molecular formula is C15H21NO3. The van der Waals surface area contributed by atoms with Crippen LogP contribution in [-0.2, 0) is 9.53 Å². The first kappa shape index (κ1) is 15.1. The highest BCUT2D eigenvalue weighted by Gasteiger charge is 2.05. The van der Waals surface area contributed by atoms with Crippen LogP contribution in [0.3, 0.4) is 0 Å². The Bertz CT molecular complexity index is 481. The first-order valence-corrected chi connectivity index (χ1v) is 6.28. The van der Waals surface area contributed by atoms with Crippen molar-refractivity contribution < 1.29 is 14.6 Å². The Morgan fingerprint density at radius 2 is 2.11 bits per heavy atom. The van der Waals surface area contributed by atoms with E-state index in [1.165, 1.54) is 0 Å².